The van der Waals surface area contributed by atoms with E-state index in [1.165, 1.54) is 24.8 Å². The Labute approximate surface area is 122 Å². The normalized spacial score (nSPS) is 23.1. The summed E-state index contributed by atoms with van der Waals surface area (Å²) in [6, 6.07) is 11.0. The molecule has 0 aromatic heterocycles. The summed E-state index contributed by atoms with van der Waals surface area (Å²) in [7, 11) is -2.85. The van der Waals surface area contributed by atoms with Gasteiger partial charge in [0.2, 0.25) is 0 Å². The highest BCUT2D eigenvalue weighted by atomic mass is 32.2. The lowest BCUT2D eigenvalue weighted by atomic mass is 9.95. The van der Waals surface area contributed by atoms with Crippen molar-refractivity contribution in [3.05, 3.63) is 35.9 Å². The van der Waals surface area contributed by atoms with Crippen LogP contribution in [0, 0.1) is 5.92 Å². The maximum atomic E-state index is 11.5. The minimum atomic E-state index is -2.85. The van der Waals surface area contributed by atoms with Crippen molar-refractivity contribution >= 4 is 9.84 Å². The Kier molecular flexibility index (Phi) is 5.61. The minimum Gasteiger partial charge on any atom is -0.313 e. The molecular formula is C16H25NO2S. The Morgan fingerprint density at radius 2 is 1.95 bits per heavy atom. The van der Waals surface area contributed by atoms with Gasteiger partial charge in [0.25, 0.3) is 0 Å². The topological polar surface area (TPSA) is 46.2 Å². The average molecular weight is 295 g/mol. The second-order valence-electron chi connectivity index (χ2n) is 5.68. The summed E-state index contributed by atoms with van der Waals surface area (Å²) in [5, 5.41) is 3.46. The van der Waals surface area contributed by atoms with Crippen molar-refractivity contribution in [2.45, 2.75) is 38.6 Å². The van der Waals surface area contributed by atoms with Gasteiger partial charge in [0.15, 0.2) is 9.84 Å². The lowest BCUT2D eigenvalue weighted by molar-refractivity contribution is 0.406. The Morgan fingerprint density at radius 3 is 2.65 bits per heavy atom. The third-order valence-electron chi connectivity index (χ3n) is 4.26. The Bertz CT molecular complexity index is 498. The first kappa shape index (κ1) is 15.5. The molecule has 0 heterocycles. The first-order chi connectivity index (χ1) is 9.61. The highest BCUT2D eigenvalue weighted by Gasteiger charge is 2.27. The molecule has 1 aromatic carbocycles. The smallest absolute Gasteiger partial charge is 0.151 e. The van der Waals surface area contributed by atoms with Gasteiger partial charge in [-0.1, -0.05) is 43.7 Å². The Morgan fingerprint density at radius 1 is 1.20 bits per heavy atom. The van der Waals surface area contributed by atoms with Crippen LogP contribution in [0.3, 0.4) is 0 Å². The van der Waals surface area contributed by atoms with E-state index in [1.807, 2.05) is 6.07 Å². The summed E-state index contributed by atoms with van der Waals surface area (Å²) in [5.41, 5.74) is 1.38. The molecule has 3 nitrogen and oxygen atoms in total. The van der Waals surface area contributed by atoms with Crippen molar-refractivity contribution in [3.8, 4) is 0 Å². The van der Waals surface area contributed by atoms with Gasteiger partial charge in [-0.05, 0) is 30.7 Å². The quantitative estimate of drug-likeness (QED) is 0.840. The van der Waals surface area contributed by atoms with Gasteiger partial charge < -0.3 is 5.32 Å². The molecule has 2 rings (SSSR count). The summed E-state index contributed by atoms with van der Waals surface area (Å²) in [4.78, 5) is 0. The van der Waals surface area contributed by atoms with Gasteiger partial charge in [0, 0.05) is 18.3 Å². The van der Waals surface area contributed by atoms with Crippen LogP contribution in [0.25, 0.3) is 0 Å². The second-order valence-corrected chi connectivity index (χ2v) is 8.15. The zero-order valence-electron chi connectivity index (χ0n) is 12.2. The zero-order valence-corrected chi connectivity index (χ0v) is 13.0. The number of nitrogens with one attached hydrogen (secondary N) is 1. The van der Waals surface area contributed by atoms with E-state index in [1.54, 1.807) is 6.92 Å². The number of sulfone groups is 1. The van der Waals surface area contributed by atoms with Crippen LogP contribution in [-0.4, -0.2) is 32.5 Å². The molecule has 1 aromatic rings. The van der Waals surface area contributed by atoms with E-state index in [0.717, 1.165) is 6.42 Å². The minimum absolute atomic E-state index is 0.243. The number of hydrogen-bond acceptors (Lipinski definition) is 3. The Balaban J connectivity index is 1.82. The molecule has 0 bridgehead atoms. The predicted octanol–water partition coefficient (Wildman–Crippen LogP) is 2.42. The van der Waals surface area contributed by atoms with E-state index in [9.17, 15) is 8.42 Å². The van der Waals surface area contributed by atoms with Crippen molar-refractivity contribution in [1.82, 2.24) is 5.32 Å². The molecule has 20 heavy (non-hydrogen) atoms. The molecule has 0 unspecified atom stereocenters. The van der Waals surface area contributed by atoms with E-state index >= 15 is 0 Å². The maximum Gasteiger partial charge on any atom is 0.151 e. The molecule has 112 valence electrons. The van der Waals surface area contributed by atoms with E-state index in [4.69, 9.17) is 0 Å². The van der Waals surface area contributed by atoms with Crippen molar-refractivity contribution in [2.75, 3.05) is 18.1 Å². The van der Waals surface area contributed by atoms with E-state index in [-0.39, 0.29) is 11.5 Å². The Hall–Kier alpha value is -0.870. The van der Waals surface area contributed by atoms with E-state index < -0.39 is 9.84 Å². The molecule has 1 aliphatic carbocycles. The molecule has 1 N–H and O–H groups in total. The summed E-state index contributed by atoms with van der Waals surface area (Å²) >= 11 is 0. The van der Waals surface area contributed by atoms with Gasteiger partial charge in [-0.15, -0.1) is 0 Å². The van der Waals surface area contributed by atoms with Gasteiger partial charge >= 0.3 is 0 Å². The molecule has 2 atom stereocenters. The molecule has 0 spiro atoms. The molecule has 4 heteroatoms. The molecule has 0 aliphatic heterocycles. The molecule has 1 saturated carbocycles. The first-order valence-corrected chi connectivity index (χ1v) is 9.40. The van der Waals surface area contributed by atoms with Crippen LogP contribution >= 0.6 is 0 Å². The molecule has 0 radical (unpaired) electrons. The third kappa shape index (κ3) is 4.60. The summed E-state index contributed by atoms with van der Waals surface area (Å²) in [6.07, 6.45) is 4.76. The fourth-order valence-electron chi connectivity index (χ4n) is 3.01. The summed E-state index contributed by atoms with van der Waals surface area (Å²) in [5.74, 6) is 1.15. The molecule has 0 saturated heterocycles. The number of benzene rings is 1. The highest BCUT2D eigenvalue weighted by Crippen LogP contribution is 2.28. The second kappa shape index (κ2) is 7.23. The van der Waals surface area contributed by atoms with Gasteiger partial charge in [-0.2, -0.15) is 0 Å². The largest absolute Gasteiger partial charge is 0.313 e. The van der Waals surface area contributed by atoms with Crippen molar-refractivity contribution in [3.63, 3.8) is 0 Å². The summed E-state index contributed by atoms with van der Waals surface area (Å²) < 4.78 is 23.0. The van der Waals surface area contributed by atoms with Crippen LogP contribution in [0.2, 0.25) is 0 Å². The SMILES string of the molecule is CCS(=O)(=O)CCN[C@@H]1CCC[C@@H]1Cc1ccccc1. The van der Waals surface area contributed by atoms with Crippen LogP contribution < -0.4 is 5.32 Å². The molecular weight excluding hydrogens is 270 g/mol. The van der Waals surface area contributed by atoms with Gasteiger partial charge in [-0.3, -0.25) is 0 Å². The van der Waals surface area contributed by atoms with Crippen LogP contribution in [0.15, 0.2) is 30.3 Å². The maximum absolute atomic E-state index is 11.5. The molecule has 0 amide bonds. The number of rotatable bonds is 7. The highest BCUT2D eigenvalue weighted by molar-refractivity contribution is 7.91. The number of hydrogen-bond donors (Lipinski definition) is 1. The lowest BCUT2D eigenvalue weighted by Crippen LogP contribution is -2.36. The fraction of sp³-hybridized carbons (Fsp3) is 0.625. The van der Waals surface area contributed by atoms with Crippen LogP contribution in [0.5, 0.6) is 0 Å². The summed E-state index contributed by atoms with van der Waals surface area (Å²) in [6.45, 7) is 2.30. The van der Waals surface area contributed by atoms with Crippen LogP contribution in [0.1, 0.15) is 31.7 Å². The van der Waals surface area contributed by atoms with Gasteiger partial charge in [0.05, 0.1) is 5.75 Å². The lowest BCUT2D eigenvalue weighted by Gasteiger charge is -2.21. The van der Waals surface area contributed by atoms with E-state index in [0.29, 0.717) is 18.5 Å². The van der Waals surface area contributed by atoms with Gasteiger partial charge in [0.1, 0.15) is 0 Å². The average Bonchev–Trinajstić information content (AvgIpc) is 2.87. The van der Waals surface area contributed by atoms with Crippen molar-refractivity contribution < 1.29 is 8.42 Å². The molecule has 1 aliphatic rings. The van der Waals surface area contributed by atoms with Crippen molar-refractivity contribution in [2.24, 2.45) is 5.92 Å². The van der Waals surface area contributed by atoms with Crippen LogP contribution in [0.4, 0.5) is 0 Å². The fourth-order valence-corrected chi connectivity index (χ4v) is 3.73. The monoisotopic (exact) mass is 295 g/mol. The molecule has 1 fully saturated rings. The van der Waals surface area contributed by atoms with E-state index in [2.05, 4.69) is 29.6 Å². The third-order valence-corrected chi connectivity index (χ3v) is 5.96. The van der Waals surface area contributed by atoms with Crippen LogP contribution in [-0.2, 0) is 16.3 Å². The predicted molar refractivity (Wildman–Crippen MR) is 83.6 cm³/mol. The zero-order chi connectivity index (χ0) is 14.4. The standard InChI is InChI=1S/C16H25NO2S/c1-2-20(18,19)12-11-17-16-10-6-9-15(16)13-14-7-4-3-5-8-14/h3-5,7-8,15-17H,2,6,9-13H2,1H3/t15-,16-/m1/s1. The van der Waals surface area contributed by atoms with Gasteiger partial charge in [-0.25, -0.2) is 8.42 Å². The first-order valence-electron chi connectivity index (χ1n) is 7.58. The van der Waals surface area contributed by atoms with Crippen molar-refractivity contribution in [1.29, 1.82) is 0 Å².